The van der Waals surface area contributed by atoms with Gasteiger partial charge in [0, 0.05) is 19.1 Å². The number of nitrogens with zero attached hydrogens (tertiary/aromatic N) is 1. The number of carbonyl (C=O) groups excluding carboxylic acids is 1. The van der Waals surface area contributed by atoms with Crippen molar-refractivity contribution in [3.63, 3.8) is 0 Å². The lowest BCUT2D eigenvalue weighted by atomic mass is 9.93. The van der Waals surface area contributed by atoms with Gasteiger partial charge in [0.1, 0.15) is 6.04 Å². The van der Waals surface area contributed by atoms with Crippen LogP contribution in [-0.2, 0) is 11.2 Å². The number of benzene rings is 1. The molecule has 1 aromatic rings. The topological polar surface area (TPSA) is 32.3 Å². The SMILES string of the molecule is C=CCN(C(=O)C1NCCc2ccccc21)C(C)C. The van der Waals surface area contributed by atoms with Gasteiger partial charge in [-0.05, 0) is 31.4 Å². The van der Waals surface area contributed by atoms with Crippen LogP contribution in [0.2, 0.25) is 0 Å². The lowest BCUT2D eigenvalue weighted by molar-refractivity contribution is -0.134. The van der Waals surface area contributed by atoms with Gasteiger partial charge in [-0.1, -0.05) is 30.3 Å². The van der Waals surface area contributed by atoms with Crippen molar-refractivity contribution in [3.05, 3.63) is 48.0 Å². The highest BCUT2D eigenvalue weighted by atomic mass is 16.2. The average Bonchev–Trinajstić information content (AvgIpc) is 2.43. The van der Waals surface area contributed by atoms with Gasteiger partial charge in [0.25, 0.3) is 0 Å². The van der Waals surface area contributed by atoms with Crippen molar-refractivity contribution in [2.24, 2.45) is 0 Å². The molecule has 1 atom stereocenters. The van der Waals surface area contributed by atoms with Crippen molar-refractivity contribution < 1.29 is 4.79 Å². The third-order valence-corrected chi connectivity index (χ3v) is 3.59. The van der Waals surface area contributed by atoms with Crippen molar-refractivity contribution in [2.75, 3.05) is 13.1 Å². The molecule has 0 fully saturated rings. The molecule has 1 N–H and O–H groups in total. The lowest BCUT2D eigenvalue weighted by Gasteiger charge is -2.33. The molecule has 0 aliphatic carbocycles. The summed E-state index contributed by atoms with van der Waals surface area (Å²) in [6.07, 6.45) is 2.77. The van der Waals surface area contributed by atoms with E-state index in [9.17, 15) is 4.79 Å². The molecule has 0 radical (unpaired) electrons. The Labute approximate surface area is 115 Å². The molecule has 1 unspecified atom stereocenters. The number of nitrogens with one attached hydrogen (secondary N) is 1. The fraction of sp³-hybridized carbons (Fsp3) is 0.438. The predicted molar refractivity (Wildman–Crippen MR) is 77.9 cm³/mol. The van der Waals surface area contributed by atoms with E-state index in [4.69, 9.17) is 0 Å². The molecule has 3 nitrogen and oxygen atoms in total. The normalized spacial score (nSPS) is 17.9. The van der Waals surface area contributed by atoms with Crippen LogP contribution in [0.15, 0.2) is 36.9 Å². The maximum Gasteiger partial charge on any atom is 0.244 e. The fourth-order valence-corrected chi connectivity index (χ4v) is 2.59. The zero-order chi connectivity index (χ0) is 13.8. The molecule has 1 aliphatic rings. The first-order valence-electron chi connectivity index (χ1n) is 6.87. The second-order valence-electron chi connectivity index (χ2n) is 5.21. The Bertz CT molecular complexity index is 468. The minimum Gasteiger partial charge on any atom is -0.335 e. The monoisotopic (exact) mass is 258 g/mol. The summed E-state index contributed by atoms with van der Waals surface area (Å²) in [5.74, 6) is 0.141. The molecular formula is C16H22N2O. The first-order chi connectivity index (χ1) is 9.15. The second-order valence-corrected chi connectivity index (χ2v) is 5.21. The first kappa shape index (κ1) is 13.8. The highest BCUT2D eigenvalue weighted by Gasteiger charge is 2.30. The number of rotatable bonds is 4. The second kappa shape index (κ2) is 6.02. The summed E-state index contributed by atoms with van der Waals surface area (Å²) >= 11 is 0. The zero-order valence-electron chi connectivity index (χ0n) is 11.7. The molecule has 1 aromatic carbocycles. The van der Waals surface area contributed by atoms with E-state index in [1.165, 1.54) is 5.56 Å². The lowest BCUT2D eigenvalue weighted by Crippen LogP contribution is -2.46. The Hall–Kier alpha value is -1.61. The summed E-state index contributed by atoms with van der Waals surface area (Å²) in [6, 6.07) is 8.17. The summed E-state index contributed by atoms with van der Waals surface area (Å²) in [5, 5.41) is 3.34. The third-order valence-electron chi connectivity index (χ3n) is 3.59. The van der Waals surface area contributed by atoms with Crippen LogP contribution in [-0.4, -0.2) is 29.9 Å². The van der Waals surface area contributed by atoms with Crippen molar-refractivity contribution in [2.45, 2.75) is 32.4 Å². The van der Waals surface area contributed by atoms with E-state index in [0.29, 0.717) is 6.54 Å². The summed E-state index contributed by atoms with van der Waals surface area (Å²) in [6.45, 7) is 9.26. The Morgan fingerprint density at radius 2 is 2.26 bits per heavy atom. The van der Waals surface area contributed by atoms with Crippen LogP contribution in [0.25, 0.3) is 0 Å². The Morgan fingerprint density at radius 3 is 2.95 bits per heavy atom. The molecule has 1 amide bonds. The smallest absolute Gasteiger partial charge is 0.244 e. The Kier molecular flexibility index (Phi) is 4.38. The molecule has 0 spiro atoms. The van der Waals surface area contributed by atoms with Crippen molar-refractivity contribution in [1.82, 2.24) is 10.2 Å². The van der Waals surface area contributed by atoms with E-state index in [1.54, 1.807) is 6.08 Å². The van der Waals surface area contributed by atoms with Crippen molar-refractivity contribution in [1.29, 1.82) is 0 Å². The van der Waals surface area contributed by atoms with E-state index in [2.05, 4.69) is 24.0 Å². The summed E-state index contributed by atoms with van der Waals surface area (Å²) in [5.41, 5.74) is 2.40. The molecule has 1 heterocycles. The minimum absolute atomic E-state index is 0.141. The van der Waals surface area contributed by atoms with Gasteiger partial charge in [0.05, 0.1) is 0 Å². The van der Waals surface area contributed by atoms with Gasteiger partial charge in [-0.15, -0.1) is 6.58 Å². The zero-order valence-corrected chi connectivity index (χ0v) is 11.7. The number of hydrogen-bond acceptors (Lipinski definition) is 2. The summed E-state index contributed by atoms with van der Waals surface area (Å²) in [7, 11) is 0. The van der Waals surface area contributed by atoms with E-state index in [-0.39, 0.29) is 18.0 Å². The van der Waals surface area contributed by atoms with E-state index in [0.717, 1.165) is 18.5 Å². The van der Waals surface area contributed by atoms with Gasteiger partial charge < -0.3 is 10.2 Å². The van der Waals surface area contributed by atoms with E-state index >= 15 is 0 Å². The Balaban J connectivity index is 2.27. The molecule has 102 valence electrons. The van der Waals surface area contributed by atoms with Crippen LogP contribution < -0.4 is 5.32 Å². The molecule has 0 saturated heterocycles. The molecule has 3 heteroatoms. The van der Waals surface area contributed by atoms with Crippen LogP contribution in [0.4, 0.5) is 0 Å². The quantitative estimate of drug-likeness (QED) is 0.840. The van der Waals surface area contributed by atoms with Crippen LogP contribution >= 0.6 is 0 Å². The molecule has 2 rings (SSSR count). The van der Waals surface area contributed by atoms with Gasteiger partial charge in [0.15, 0.2) is 0 Å². The van der Waals surface area contributed by atoms with Gasteiger partial charge in [-0.3, -0.25) is 4.79 Å². The van der Waals surface area contributed by atoms with E-state index in [1.807, 2.05) is 30.9 Å². The number of fused-ring (bicyclic) bond motifs is 1. The highest BCUT2D eigenvalue weighted by Crippen LogP contribution is 2.25. The summed E-state index contributed by atoms with van der Waals surface area (Å²) < 4.78 is 0. The van der Waals surface area contributed by atoms with Gasteiger partial charge in [0.2, 0.25) is 5.91 Å². The number of amides is 1. The molecule has 0 saturated carbocycles. The molecule has 19 heavy (non-hydrogen) atoms. The summed E-state index contributed by atoms with van der Waals surface area (Å²) in [4.78, 5) is 14.6. The predicted octanol–water partition coefficient (Wildman–Crippen LogP) is 2.30. The third kappa shape index (κ3) is 2.87. The molecule has 0 aromatic heterocycles. The average molecular weight is 258 g/mol. The van der Waals surface area contributed by atoms with Gasteiger partial charge in [-0.25, -0.2) is 0 Å². The van der Waals surface area contributed by atoms with Gasteiger partial charge in [-0.2, -0.15) is 0 Å². The first-order valence-corrected chi connectivity index (χ1v) is 6.87. The largest absolute Gasteiger partial charge is 0.335 e. The van der Waals surface area contributed by atoms with Gasteiger partial charge >= 0.3 is 0 Å². The maximum absolute atomic E-state index is 12.7. The van der Waals surface area contributed by atoms with Crippen LogP contribution in [0.5, 0.6) is 0 Å². The van der Waals surface area contributed by atoms with Crippen molar-refractivity contribution in [3.8, 4) is 0 Å². The Morgan fingerprint density at radius 1 is 1.53 bits per heavy atom. The number of hydrogen-bond donors (Lipinski definition) is 1. The van der Waals surface area contributed by atoms with Crippen LogP contribution in [0.3, 0.4) is 0 Å². The number of carbonyl (C=O) groups is 1. The van der Waals surface area contributed by atoms with Crippen LogP contribution in [0.1, 0.15) is 31.0 Å². The highest BCUT2D eigenvalue weighted by molar-refractivity contribution is 5.84. The van der Waals surface area contributed by atoms with Crippen molar-refractivity contribution >= 4 is 5.91 Å². The minimum atomic E-state index is -0.215. The molecular weight excluding hydrogens is 236 g/mol. The van der Waals surface area contributed by atoms with Crippen LogP contribution in [0, 0.1) is 0 Å². The molecule has 1 aliphatic heterocycles. The maximum atomic E-state index is 12.7. The fourth-order valence-electron chi connectivity index (χ4n) is 2.59. The molecule has 0 bridgehead atoms. The standard InChI is InChI=1S/C16H22N2O/c1-4-11-18(12(2)3)16(19)15-14-8-6-5-7-13(14)9-10-17-15/h4-8,12,15,17H,1,9-11H2,2-3H3. The van der Waals surface area contributed by atoms with E-state index < -0.39 is 0 Å².